The molecule has 0 unspecified atom stereocenters. The second kappa shape index (κ2) is 10.4. The van der Waals surface area contributed by atoms with Crippen LogP contribution < -0.4 is 0 Å². The van der Waals surface area contributed by atoms with Crippen molar-refractivity contribution in [3.8, 4) is 33.8 Å². The first-order valence-electron chi connectivity index (χ1n) is 12.9. The molecule has 0 aliphatic rings. The third-order valence-corrected chi connectivity index (χ3v) is 7.32. The van der Waals surface area contributed by atoms with E-state index in [1.807, 2.05) is 84.9 Å². The molecule has 184 valence electrons. The summed E-state index contributed by atoms with van der Waals surface area (Å²) in [6.07, 6.45) is 1.82. The van der Waals surface area contributed by atoms with Crippen molar-refractivity contribution in [2.24, 2.45) is 0 Å². The Balaban J connectivity index is 1.81. The average molecular weight is 485 g/mol. The molecule has 5 aromatic carbocycles. The first-order chi connectivity index (χ1) is 18.0. The number of aromatic hydroxyl groups is 2. The van der Waals surface area contributed by atoms with Gasteiger partial charge in [-0.05, 0) is 65.4 Å². The topological polar surface area (TPSA) is 40.5 Å². The van der Waals surface area contributed by atoms with Crippen LogP contribution in [0, 0.1) is 6.92 Å². The van der Waals surface area contributed by atoms with Crippen molar-refractivity contribution in [2.75, 3.05) is 0 Å². The van der Waals surface area contributed by atoms with Crippen molar-refractivity contribution in [1.29, 1.82) is 0 Å². The molecule has 5 rings (SSSR count). The molecule has 0 aromatic heterocycles. The van der Waals surface area contributed by atoms with Crippen LogP contribution in [0.15, 0.2) is 121 Å². The van der Waals surface area contributed by atoms with Gasteiger partial charge in [-0.25, -0.2) is 0 Å². The number of rotatable bonds is 7. The van der Waals surface area contributed by atoms with Crippen molar-refractivity contribution in [1.82, 2.24) is 0 Å². The first-order valence-corrected chi connectivity index (χ1v) is 12.9. The monoisotopic (exact) mass is 484 g/mol. The SMILES string of the molecule is CCCC(c1ccc(C)cc1)(c1ccc(O)c(-c2ccccc2)c1)c1ccc(O)c(-c2ccccc2)c1. The Morgan fingerprint density at radius 2 is 0.973 bits per heavy atom. The normalized spacial score (nSPS) is 11.4. The highest BCUT2D eigenvalue weighted by Gasteiger charge is 2.36. The van der Waals surface area contributed by atoms with Crippen LogP contribution in [-0.4, -0.2) is 10.2 Å². The lowest BCUT2D eigenvalue weighted by molar-refractivity contribution is 0.474. The molecule has 0 aliphatic heterocycles. The largest absolute Gasteiger partial charge is 0.507 e. The van der Waals surface area contributed by atoms with Crippen LogP contribution in [0.3, 0.4) is 0 Å². The third kappa shape index (κ3) is 4.63. The maximum absolute atomic E-state index is 10.9. The molecule has 0 spiro atoms. The van der Waals surface area contributed by atoms with Crippen molar-refractivity contribution >= 4 is 0 Å². The van der Waals surface area contributed by atoms with Gasteiger partial charge in [0.25, 0.3) is 0 Å². The van der Waals surface area contributed by atoms with E-state index in [1.54, 1.807) is 0 Å². The molecule has 0 saturated heterocycles. The van der Waals surface area contributed by atoms with Crippen LogP contribution in [0.5, 0.6) is 11.5 Å². The zero-order valence-electron chi connectivity index (χ0n) is 21.4. The van der Waals surface area contributed by atoms with Gasteiger partial charge in [0.2, 0.25) is 0 Å². The first kappa shape index (κ1) is 24.4. The quantitative estimate of drug-likeness (QED) is 0.226. The number of phenolic OH excluding ortho intramolecular Hbond substituents is 2. The van der Waals surface area contributed by atoms with Gasteiger partial charge in [-0.1, -0.05) is 116 Å². The Kier molecular flexibility index (Phi) is 6.83. The molecule has 0 fully saturated rings. The zero-order valence-corrected chi connectivity index (χ0v) is 21.4. The lowest BCUT2D eigenvalue weighted by Gasteiger charge is -2.37. The van der Waals surface area contributed by atoms with Crippen molar-refractivity contribution in [3.05, 3.63) is 144 Å². The van der Waals surface area contributed by atoms with Crippen LogP contribution in [-0.2, 0) is 5.41 Å². The van der Waals surface area contributed by atoms with Gasteiger partial charge in [0.05, 0.1) is 0 Å². The molecule has 37 heavy (non-hydrogen) atoms. The van der Waals surface area contributed by atoms with E-state index >= 15 is 0 Å². The standard InChI is InChI=1S/C35H32O2/c1-3-22-35(28-16-14-25(2)15-17-28,29-18-20-33(36)31(23-29)26-10-6-4-7-11-26)30-19-21-34(37)32(24-30)27-12-8-5-9-13-27/h4-21,23-24,36-37H,3,22H2,1-2H3. The number of hydrogen-bond donors (Lipinski definition) is 2. The lowest BCUT2D eigenvalue weighted by atomic mass is 9.66. The summed E-state index contributed by atoms with van der Waals surface area (Å²) in [5.74, 6) is 0.528. The number of hydrogen-bond acceptors (Lipinski definition) is 2. The molecule has 5 aromatic rings. The highest BCUT2D eigenvalue weighted by atomic mass is 16.3. The molecule has 0 amide bonds. The molecule has 2 nitrogen and oxygen atoms in total. The predicted octanol–water partition coefficient (Wildman–Crippen LogP) is 8.87. The molecule has 0 saturated carbocycles. The van der Waals surface area contributed by atoms with Crippen LogP contribution >= 0.6 is 0 Å². The molecule has 0 bridgehead atoms. The van der Waals surface area contributed by atoms with Gasteiger partial charge in [0.15, 0.2) is 0 Å². The van der Waals surface area contributed by atoms with E-state index in [0.29, 0.717) is 0 Å². The minimum atomic E-state index is -0.475. The molecule has 0 heterocycles. The van der Waals surface area contributed by atoms with Gasteiger partial charge in [-0.15, -0.1) is 0 Å². The van der Waals surface area contributed by atoms with E-state index in [4.69, 9.17) is 0 Å². The smallest absolute Gasteiger partial charge is 0.123 e. The second-order valence-electron chi connectivity index (χ2n) is 9.72. The van der Waals surface area contributed by atoms with E-state index in [0.717, 1.165) is 46.2 Å². The fourth-order valence-corrected chi connectivity index (χ4v) is 5.45. The summed E-state index contributed by atoms with van der Waals surface area (Å²) in [5.41, 5.74) is 7.73. The molecule has 0 radical (unpaired) electrons. The summed E-state index contributed by atoms with van der Waals surface area (Å²) in [7, 11) is 0. The van der Waals surface area contributed by atoms with E-state index in [9.17, 15) is 10.2 Å². The Bertz CT molecular complexity index is 1400. The summed E-state index contributed by atoms with van der Waals surface area (Å²) in [5, 5.41) is 21.7. The highest BCUT2D eigenvalue weighted by molar-refractivity contribution is 5.74. The molecule has 2 N–H and O–H groups in total. The van der Waals surface area contributed by atoms with E-state index in [1.165, 1.54) is 11.1 Å². The van der Waals surface area contributed by atoms with Crippen molar-refractivity contribution < 1.29 is 10.2 Å². The molecule has 0 atom stereocenters. The summed E-state index contributed by atoms with van der Waals surface area (Å²) in [4.78, 5) is 0. The van der Waals surface area contributed by atoms with Crippen LogP contribution in [0.2, 0.25) is 0 Å². The van der Waals surface area contributed by atoms with Gasteiger partial charge in [-0.2, -0.15) is 0 Å². The Morgan fingerprint density at radius 1 is 0.541 bits per heavy atom. The van der Waals surface area contributed by atoms with E-state index < -0.39 is 5.41 Å². The Hall–Kier alpha value is -4.30. The highest BCUT2D eigenvalue weighted by Crippen LogP contribution is 2.47. The van der Waals surface area contributed by atoms with Crippen LogP contribution in [0.25, 0.3) is 22.3 Å². The Labute approximate surface area is 219 Å². The maximum atomic E-state index is 10.9. The van der Waals surface area contributed by atoms with Gasteiger partial charge in [0.1, 0.15) is 11.5 Å². The second-order valence-corrected chi connectivity index (χ2v) is 9.72. The Morgan fingerprint density at radius 3 is 1.41 bits per heavy atom. The predicted molar refractivity (Wildman–Crippen MR) is 153 cm³/mol. The molecule has 2 heteroatoms. The molecular formula is C35H32O2. The fourth-order valence-electron chi connectivity index (χ4n) is 5.45. The number of benzene rings is 5. The van der Waals surface area contributed by atoms with E-state index in [2.05, 4.69) is 50.2 Å². The van der Waals surface area contributed by atoms with Gasteiger partial charge in [0, 0.05) is 16.5 Å². The van der Waals surface area contributed by atoms with Gasteiger partial charge in [-0.3, -0.25) is 0 Å². The van der Waals surface area contributed by atoms with Crippen molar-refractivity contribution in [3.63, 3.8) is 0 Å². The summed E-state index contributed by atoms with van der Waals surface area (Å²) in [6, 6.07) is 40.8. The van der Waals surface area contributed by atoms with Crippen LogP contribution in [0.1, 0.15) is 42.0 Å². The molecule has 0 aliphatic carbocycles. The summed E-state index contributed by atoms with van der Waals surface area (Å²) in [6.45, 7) is 4.31. The van der Waals surface area contributed by atoms with Crippen LogP contribution in [0.4, 0.5) is 0 Å². The summed E-state index contributed by atoms with van der Waals surface area (Å²) >= 11 is 0. The minimum absolute atomic E-state index is 0.264. The van der Waals surface area contributed by atoms with Gasteiger partial charge >= 0.3 is 0 Å². The zero-order chi connectivity index (χ0) is 25.8. The van der Waals surface area contributed by atoms with Crippen molar-refractivity contribution in [2.45, 2.75) is 32.1 Å². The maximum Gasteiger partial charge on any atom is 0.123 e. The molecular weight excluding hydrogens is 452 g/mol. The third-order valence-electron chi connectivity index (χ3n) is 7.32. The number of phenols is 2. The fraction of sp³-hybridized carbons (Fsp3) is 0.143. The average Bonchev–Trinajstić information content (AvgIpc) is 2.94. The van der Waals surface area contributed by atoms with Gasteiger partial charge < -0.3 is 10.2 Å². The summed E-state index contributed by atoms with van der Waals surface area (Å²) < 4.78 is 0. The lowest BCUT2D eigenvalue weighted by Crippen LogP contribution is -2.29. The minimum Gasteiger partial charge on any atom is -0.507 e. The van der Waals surface area contributed by atoms with E-state index in [-0.39, 0.29) is 11.5 Å². The number of aryl methyl sites for hydroxylation is 1.